The molecule has 1 aromatic carbocycles. The molecule has 1 amide bonds. The zero-order valence-corrected chi connectivity index (χ0v) is 9.41. The number of carbonyl (C=O) groups excluding carboxylic acids is 1. The molecule has 1 fully saturated rings. The molecular weight excluding hydrogens is 200 g/mol. The van der Waals surface area contributed by atoms with E-state index in [-0.39, 0.29) is 5.91 Å². The fourth-order valence-electron chi connectivity index (χ4n) is 1.59. The highest BCUT2D eigenvalue weighted by atomic mass is 16.2. The van der Waals surface area contributed by atoms with E-state index in [0.29, 0.717) is 5.92 Å². The van der Waals surface area contributed by atoms with E-state index >= 15 is 0 Å². The maximum Gasteiger partial charge on any atom is 0.223 e. The van der Waals surface area contributed by atoms with E-state index in [0.717, 1.165) is 32.5 Å². The van der Waals surface area contributed by atoms with Crippen molar-refractivity contribution in [3.8, 4) is 0 Å². The van der Waals surface area contributed by atoms with Crippen LogP contribution in [0.25, 0.3) is 0 Å². The summed E-state index contributed by atoms with van der Waals surface area (Å²) in [5.41, 5.74) is 1.27. The molecule has 1 aliphatic carbocycles. The molecule has 3 nitrogen and oxygen atoms in total. The lowest BCUT2D eigenvalue weighted by Gasteiger charge is -2.06. The van der Waals surface area contributed by atoms with E-state index in [4.69, 9.17) is 0 Å². The Hall–Kier alpha value is -1.35. The average molecular weight is 218 g/mol. The van der Waals surface area contributed by atoms with Crippen molar-refractivity contribution in [3.05, 3.63) is 35.9 Å². The summed E-state index contributed by atoms with van der Waals surface area (Å²) in [5.74, 6) is 0.538. The van der Waals surface area contributed by atoms with Gasteiger partial charge in [0.15, 0.2) is 0 Å². The van der Waals surface area contributed by atoms with Crippen molar-refractivity contribution in [1.29, 1.82) is 0 Å². The summed E-state index contributed by atoms with van der Waals surface area (Å²) in [4.78, 5) is 11.3. The summed E-state index contributed by atoms with van der Waals surface area (Å²) in [5, 5.41) is 6.23. The van der Waals surface area contributed by atoms with Crippen molar-refractivity contribution >= 4 is 5.91 Å². The van der Waals surface area contributed by atoms with Crippen LogP contribution in [0.15, 0.2) is 30.3 Å². The molecule has 0 saturated heterocycles. The van der Waals surface area contributed by atoms with Crippen LogP contribution in [0.5, 0.6) is 0 Å². The van der Waals surface area contributed by atoms with Gasteiger partial charge in [-0.25, -0.2) is 0 Å². The molecule has 0 atom stereocenters. The smallest absolute Gasteiger partial charge is 0.223 e. The number of amides is 1. The number of nitrogens with one attached hydrogen (secondary N) is 2. The summed E-state index contributed by atoms with van der Waals surface area (Å²) in [7, 11) is 0. The molecule has 3 heteroatoms. The largest absolute Gasteiger partial charge is 0.355 e. The summed E-state index contributed by atoms with van der Waals surface area (Å²) in [6, 6.07) is 10.3. The first-order chi connectivity index (χ1) is 7.86. The van der Waals surface area contributed by atoms with Crippen LogP contribution < -0.4 is 10.6 Å². The van der Waals surface area contributed by atoms with Gasteiger partial charge in [0, 0.05) is 25.6 Å². The zero-order valence-electron chi connectivity index (χ0n) is 9.41. The van der Waals surface area contributed by atoms with Crippen LogP contribution in [0.2, 0.25) is 0 Å². The highest BCUT2D eigenvalue weighted by Crippen LogP contribution is 2.28. The van der Waals surface area contributed by atoms with Gasteiger partial charge in [0.2, 0.25) is 5.91 Å². The van der Waals surface area contributed by atoms with Crippen molar-refractivity contribution in [2.75, 3.05) is 13.1 Å². The Morgan fingerprint density at radius 2 is 1.94 bits per heavy atom. The van der Waals surface area contributed by atoms with Gasteiger partial charge < -0.3 is 10.6 Å². The van der Waals surface area contributed by atoms with E-state index in [2.05, 4.69) is 22.8 Å². The van der Waals surface area contributed by atoms with Gasteiger partial charge in [0.1, 0.15) is 0 Å². The van der Waals surface area contributed by atoms with Crippen molar-refractivity contribution < 1.29 is 4.79 Å². The van der Waals surface area contributed by atoms with Crippen LogP contribution in [-0.2, 0) is 11.3 Å². The van der Waals surface area contributed by atoms with Gasteiger partial charge in [-0.15, -0.1) is 0 Å². The van der Waals surface area contributed by atoms with E-state index in [1.165, 1.54) is 5.56 Å². The first-order valence-electron chi connectivity index (χ1n) is 5.88. The van der Waals surface area contributed by atoms with E-state index in [1.54, 1.807) is 0 Å². The molecule has 0 radical (unpaired) electrons. The van der Waals surface area contributed by atoms with Gasteiger partial charge in [-0.1, -0.05) is 30.3 Å². The quantitative estimate of drug-likeness (QED) is 0.707. The minimum atomic E-state index is 0.224. The maximum atomic E-state index is 11.3. The second-order valence-corrected chi connectivity index (χ2v) is 4.23. The topological polar surface area (TPSA) is 41.1 Å². The molecule has 86 valence electrons. The van der Waals surface area contributed by atoms with Crippen LogP contribution in [0.3, 0.4) is 0 Å². The number of carbonyl (C=O) groups is 1. The normalized spacial score (nSPS) is 14.8. The van der Waals surface area contributed by atoms with E-state index in [1.807, 2.05) is 18.2 Å². The fraction of sp³-hybridized carbons (Fsp3) is 0.462. The van der Waals surface area contributed by atoms with E-state index in [9.17, 15) is 4.79 Å². The Balaban J connectivity index is 1.53. The molecule has 0 heterocycles. The van der Waals surface area contributed by atoms with Gasteiger partial charge in [-0.2, -0.15) is 0 Å². The van der Waals surface area contributed by atoms with Crippen molar-refractivity contribution in [3.63, 3.8) is 0 Å². The molecule has 0 aliphatic heterocycles. The predicted octanol–water partition coefficient (Wildman–Crippen LogP) is 1.30. The lowest BCUT2D eigenvalue weighted by atomic mass is 10.2. The Morgan fingerprint density at radius 1 is 1.19 bits per heavy atom. The number of benzene rings is 1. The summed E-state index contributed by atoms with van der Waals surface area (Å²) >= 11 is 0. The van der Waals surface area contributed by atoms with Gasteiger partial charge >= 0.3 is 0 Å². The number of hydrogen-bond acceptors (Lipinski definition) is 2. The second kappa shape index (κ2) is 5.66. The molecule has 1 aromatic rings. The molecule has 0 spiro atoms. The van der Waals surface area contributed by atoms with Gasteiger partial charge in [0.05, 0.1) is 0 Å². The Morgan fingerprint density at radius 3 is 2.62 bits per heavy atom. The molecule has 0 aromatic heterocycles. The van der Waals surface area contributed by atoms with Crippen LogP contribution in [0.4, 0.5) is 0 Å². The molecule has 0 unspecified atom stereocenters. The zero-order chi connectivity index (χ0) is 11.2. The fourth-order valence-corrected chi connectivity index (χ4v) is 1.59. The third kappa shape index (κ3) is 3.66. The molecule has 1 saturated carbocycles. The van der Waals surface area contributed by atoms with Crippen LogP contribution in [-0.4, -0.2) is 19.0 Å². The van der Waals surface area contributed by atoms with Crippen LogP contribution >= 0.6 is 0 Å². The summed E-state index contributed by atoms with van der Waals surface area (Å²) < 4.78 is 0. The molecular formula is C13H18N2O. The van der Waals surface area contributed by atoms with Crippen molar-refractivity contribution in [2.24, 2.45) is 5.92 Å². The SMILES string of the molecule is O=C(NCCNCc1ccccc1)C1CC1. The lowest BCUT2D eigenvalue weighted by Crippen LogP contribution is -2.32. The van der Waals surface area contributed by atoms with E-state index < -0.39 is 0 Å². The third-order valence-electron chi connectivity index (χ3n) is 2.72. The average Bonchev–Trinajstić information content (AvgIpc) is 3.13. The first-order valence-corrected chi connectivity index (χ1v) is 5.88. The standard InChI is InChI=1S/C13H18N2O/c16-13(12-6-7-12)15-9-8-14-10-11-4-2-1-3-5-11/h1-5,12,14H,6-10H2,(H,15,16). The Labute approximate surface area is 96.2 Å². The third-order valence-corrected chi connectivity index (χ3v) is 2.72. The lowest BCUT2D eigenvalue weighted by molar-refractivity contribution is -0.122. The van der Waals surface area contributed by atoms with Crippen LogP contribution in [0.1, 0.15) is 18.4 Å². The summed E-state index contributed by atoms with van der Waals surface area (Å²) in [6.07, 6.45) is 2.15. The highest BCUT2D eigenvalue weighted by molar-refractivity contribution is 5.80. The summed E-state index contributed by atoms with van der Waals surface area (Å²) in [6.45, 7) is 2.41. The van der Waals surface area contributed by atoms with Gasteiger partial charge in [-0.3, -0.25) is 4.79 Å². The minimum Gasteiger partial charge on any atom is -0.355 e. The molecule has 2 rings (SSSR count). The predicted molar refractivity (Wildman–Crippen MR) is 63.9 cm³/mol. The molecule has 2 N–H and O–H groups in total. The molecule has 0 bridgehead atoms. The van der Waals surface area contributed by atoms with Crippen molar-refractivity contribution in [1.82, 2.24) is 10.6 Å². The highest BCUT2D eigenvalue weighted by Gasteiger charge is 2.28. The molecule has 16 heavy (non-hydrogen) atoms. The Bertz CT molecular complexity index is 333. The Kier molecular flexibility index (Phi) is 3.94. The first kappa shape index (κ1) is 11.1. The van der Waals surface area contributed by atoms with Gasteiger partial charge in [0.25, 0.3) is 0 Å². The number of hydrogen-bond donors (Lipinski definition) is 2. The maximum absolute atomic E-state index is 11.3. The second-order valence-electron chi connectivity index (χ2n) is 4.23. The van der Waals surface area contributed by atoms with Crippen LogP contribution in [0, 0.1) is 5.92 Å². The van der Waals surface area contributed by atoms with Crippen molar-refractivity contribution in [2.45, 2.75) is 19.4 Å². The minimum absolute atomic E-state index is 0.224. The number of rotatable bonds is 6. The van der Waals surface area contributed by atoms with Gasteiger partial charge in [-0.05, 0) is 18.4 Å². The monoisotopic (exact) mass is 218 g/mol. The molecule has 1 aliphatic rings.